The molecule has 1 saturated heterocycles. The van der Waals surface area contributed by atoms with Crippen LogP contribution in [0.1, 0.15) is 37.7 Å². The van der Waals surface area contributed by atoms with E-state index in [1.165, 1.54) is 4.90 Å². The van der Waals surface area contributed by atoms with Crippen molar-refractivity contribution < 1.29 is 14.3 Å². The number of nitrogens with zero attached hydrogens (tertiary/aromatic N) is 1. The maximum absolute atomic E-state index is 12.6. The molecule has 130 valence electrons. The van der Waals surface area contributed by atoms with Gasteiger partial charge in [-0.3, -0.25) is 4.79 Å². The van der Waals surface area contributed by atoms with Gasteiger partial charge in [0.25, 0.3) is 0 Å². The Morgan fingerprint density at radius 2 is 2.08 bits per heavy atom. The van der Waals surface area contributed by atoms with E-state index in [1.54, 1.807) is 0 Å². The minimum absolute atomic E-state index is 0.228. The molecule has 24 heavy (non-hydrogen) atoms. The summed E-state index contributed by atoms with van der Waals surface area (Å²) in [5.74, 6) is -0.331. The van der Waals surface area contributed by atoms with Crippen LogP contribution in [0.2, 0.25) is 0 Å². The molecular formula is C19H26N2O3. The summed E-state index contributed by atoms with van der Waals surface area (Å²) < 4.78 is 5.08. The van der Waals surface area contributed by atoms with E-state index in [0.29, 0.717) is 12.8 Å². The van der Waals surface area contributed by atoms with Crippen molar-refractivity contribution in [1.29, 1.82) is 0 Å². The third kappa shape index (κ3) is 4.93. The van der Waals surface area contributed by atoms with Crippen molar-refractivity contribution in [2.24, 2.45) is 5.73 Å². The Morgan fingerprint density at radius 1 is 1.33 bits per heavy atom. The number of hydrogen-bond donors (Lipinski definition) is 1. The van der Waals surface area contributed by atoms with Gasteiger partial charge in [0.2, 0.25) is 5.91 Å². The van der Waals surface area contributed by atoms with E-state index in [2.05, 4.69) is 6.58 Å². The molecule has 1 aromatic carbocycles. The zero-order valence-electron chi connectivity index (χ0n) is 14.0. The number of carbonyl (C=O) groups excluding carboxylic acids is 2. The number of allylic oxidation sites excluding steroid dienone is 1. The number of ether oxygens (including phenoxy) is 1. The molecular weight excluding hydrogens is 304 g/mol. The highest BCUT2D eigenvalue weighted by Crippen LogP contribution is 2.19. The van der Waals surface area contributed by atoms with Gasteiger partial charge in [0.15, 0.2) is 0 Å². The van der Waals surface area contributed by atoms with Crippen LogP contribution < -0.4 is 5.73 Å². The van der Waals surface area contributed by atoms with E-state index in [1.807, 2.05) is 36.4 Å². The minimum Gasteiger partial charge on any atom is -0.447 e. The van der Waals surface area contributed by atoms with Crippen LogP contribution in [-0.4, -0.2) is 35.6 Å². The maximum atomic E-state index is 12.6. The van der Waals surface area contributed by atoms with Crippen LogP contribution in [0.3, 0.4) is 0 Å². The maximum Gasteiger partial charge on any atom is 0.417 e. The van der Waals surface area contributed by atoms with E-state index >= 15 is 0 Å². The number of imide groups is 1. The Morgan fingerprint density at radius 3 is 2.79 bits per heavy atom. The predicted octanol–water partition coefficient (Wildman–Crippen LogP) is 3.04. The number of cyclic esters (lactones) is 1. The molecule has 5 heteroatoms. The molecule has 1 aliphatic heterocycles. The molecule has 2 atom stereocenters. The van der Waals surface area contributed by atoms with E-state index < -0.39 is 12.1 Å². The Bertz CT molecular complexity index is 559. The van der Waals surface area contributed by atoms with Crippen LogP contribution in [-0.2, 0) is 16.0 Å². The van der Waals surface area contributed by atoms with Crippen molar-refractivity contribution >= 4 is 12.0 Å². The molecule has 2 rings (SSSR count). The first-order valence-corrected chi connectivity index (χ1v) is 8.53. The molecule has 0 bridgehead atoms. The first kappa shape index (κ1) is 18.2. The van der Waals surface area contributed by atoms with E-state index in [-0.39, 0.29) is 18.6 Å². The normalized spacial score (nSPS) is 18.3. The summed E-state index contributed by atoms with van der Waals surface area (Å²) in [7, 11) is 0. The van der Waals surface area contributed by atoms with Crippen LogP contribution in [0.5, 0.6) is 0 Å². The molecule has 0 unspecified atom stereocenters. The monoisotopic (exact) mass is 330 g/mol. The van der Waals surface area contributed by atoms with Gasteiger partial charge in [0, 0.05) is 0 Å². The second-order valence-electron chi connectivity index (χ2n) is 6.16. The Hall–Kier alpha value is -2.14. The number of rotatable bonds is 9. The smallest absolute Gasteiger partial charge is 0.417 e. The van der Waals surface area contributed by atoms with E-state index in [9.17, 15) is 9.59 Å². The highest BCUT2D eigenvalue weighted by molar-refractivity contribution is 5.96. The molecule has 2 N–H and O–H groups in total. The zero-order chi connectivity index (χ0) is 17.4. The Balaban J connectivity index is 1.90. The molecule has 0 saturated carbocycles. The second-order valence-corrected chi connectivity index (χ2v) is 6.16. The summed E-state index contributed by atoms with van der Waals surface area (Å²) >= 11 is 0. The average molecular weight is 330 g/mol. The lowest BCUT2D eigenvalue weighted by Crippen LogP contribution is -2.48. The minimum atomic E-state index is -0.655. The first-order valence-electron chi connectivity index (χ1n) is 8.53. The molecule has 0 radical (unpaired) electrons. The van der Waals surface area contributed by atoms with Crippen LogP contribution in [0, 0.1) is 0 Å². The first-order chi connectivity index (χ1) is 11.6. The van der Waals surface area contributed by atoms with Gasteiger partial charge in [-0.15, -0.1) is 6.58 Å². The van der Waals surface area contributed by atoms with Crippen molar-refractivity contribution in [1.82, 2.24) is 4.90 Å². The van der Waals surface area contributed by atoms with Crippen molar-refractivity contribution in [2.75, 3.05) is 6.61 Å². The molecule has 0 aliphatic carbocycles. The standard InChI is InChI=1S/C19H26N2O3/c1-2-3-4-5-9-12-17(20)18(22)21-16(14-24-19(21)23)13-15-10-7-6-8-11-15/h2,6-8,10-11,16-17H,1,3-5,9,12-14,20H2/t16-,17-/m0/s1. The lowest BCUT2D eigenvalue weighted by atomic mass is 10.0. The molecule has 5 nitrogen and oxygen atoms in total. The van der Waals surface area contributed by atoms with Crippen molar-refractivity contribution in [3.05, 3.63) is 48.6 Å². The summed E-state index contributed by atoms with van der Waals surface area (Å²) in [6, 6.07) is 8.83. The summed E-state index contributed by atoms with van der Waals surface area (Å²) in [5.41, 5.74) is 7.08. The lowest BCUT2D eigenvalue weighted by molar-refractivity contribution is -0.130. The number of nitrogens with two attached hydrogens (primary N) is 1. The lowest BCUT2D eigenvalue weighted by Gasteiger charge is -2.23. The molecule has 0 spiro atoms. The highest BCUT2D eigenvalue weighted by atomic mass is 16.6. The summed E-state index contributed by atoms with van der Waals surface area (Å²) in [4.78, 5) is 25.7. The van der Waals surface area contributed by atoms with Gasteiger partial charge in [-0.2, -0.15) is 0 Å². The summed E-state index contributed by atoms with van der Waals surface area (Å²) in [5, 5.41) is 0. The Kier molecular flexibility index (Phi) is 7.00. The molecule has 2 amide bonds. The third-order valence-corrected chi connectivity index (χ3v) is 4.25. The number of unbranched alkanes of at least 4 members (excludes halogenated alkanes) is 3. The number of carbonyl (C=O) groups is 2. The van der Waals surface area contributed by atoms with Crippen molar-refractivity contribution in [2.45, 2.75) is 50.6 Å². The number of hydrogen-bond acceptors (Lipinski definition) is 4. The van der Waals surface area contributed by atoms with Gasteiger partial charge in [-0.25, -0.2) is 9.69 Å². The van der Waals surface area contributed by atoms with Crippen LogP contribution >= 0.6 is 0 Å². The highest BCUT2D eigenvalue weighted by Gasteiger charge is 2.39. The van der Waals surface area contributed by atoms with Gasteiger partial charge < -0.3 is 10.5 Å². The predicted molar refractivity (Wildman–Crippen MR) is 93.4 cm³/mol. The average Bonchev–Trinajstić information content (AvgIpc) is 2.95. The molecule has 1 aliphatic rings. The SMILES string of the molecule is C=CCCCCC[C@H](N)C(=O)N1C(=O)OC[C@@H]1Cc1ccccc1. The van der Waals surface area contributed by atoms with Gasteiger partial charge in [-0.1, -0.05) is 49.2 Å². The topological polar surface area (TPSA) is 72.6 Å². The largest absolute Gasteiger partial charge is 0.447 e. The van der Waals surface area contributed by atoms with Gasteiger partial charge in [0.1, 0.15) is 6.61 Å². The van der Waals surface area contributed by atoms with Crippen LogP contribution in [0.4, 0.5) is 4.79 Å². The summed E-state index contributed by atoms with van der Waals surface area (Å²) in [6.07, 6.45) is 6.37. The Labute approximate surface area is 143 Å². The van der Waals surface area contributed by atoms with E-state index in [0.717, 1.165) is 31.2 Å². The molecule has 0 aromatic heterocycles. The van der Waals surface area contributed by atoms with Crippen molar-refractivity contribution in [3.63, 3.8) is 0 Å². The number of amides is 2. The fourth-order valence-electron chi connectivity index (χ4n) is 2.90. The fourth-order valence-corrected chi connectivity index (χ4v) is 2.90. The van der Waals surface area contributed by atoms with Crippen LogP contribution in [0.25, 0.3) is 0 Å². The van der Waals surface area contributed by atoms with Gasteiger partial charge in [-0.05, 0) is 31.2 Å². The van der Waals surface area contributed by atoms with E-state index in [4.69, 9.17) is 10.5 Å². The molecule has 1 heterocycles. The second kappa shape index (κ2) is 9.23. The van der Waals surface area contributed by atoms with Gasteiger partial charge >= 0.3 is 6.09 Å². The zero-order valence-corrected chi connectivity index (χ0v) is 14.0. The van der Waals surface area contributed by atoms with Crippen LogP contribution in [0.15, 0.2) is 43.0 Å². The van der Waals surface area contributed by atoms with Gasteiger partial charge in [0.05, 0.1) is 12.1 Å². The fraction of sp³-hybridized carbons (Fsp3) is 0.474. The molecule has 1 aromatic rings. The third-order valence-electron chi connectivity index (χ3n) is 4.25. The molecule has 1 fully saturated rings. The summed E-state index contributed by atoms with van der Waals surface area (Å²) in [6.45, 7) is 3.92. The quantitative estimate of drug-likeness (QED) is 0.558. The number of benzene rings is 1. The van der Waals surface area contributed by atoms with Crippen molar-refractivity contribution in [3.8, 4) is 0 Å².